The summed E-state index contributed by atoms with van der Waals surface area (Å²) in [5, 5.41) is 2.11. The number of carbonyl (C=O) groups excluding carboxylic acids is 3. The molecule has 1 fully saturated rings. The van der Waals surface area contributed by atoms with Crippen LogP contribution in [0.25, 0.3) is 6.08 Å². The van der Waals surface area contributed by atoms with Gasteiger partial charge in [-0.15, -0.1) is 0 Å². The number of hydrogen-bond acceptors (Lipinski definition) is 5. The van der Waals surface area contributed by atoms with Crippen molar-refractivity contribution in [3.63, 3.8) is 0 Å². The maximum absolute atomic E-state index is 12.1. The molecule has 1 aliphatic heterocycles. The first kappa shape index (κ1) is 16.5. The van der Waals surface area contributed by atoms with Crippen molar-refractivity contribution < 1.29 is 23.9 Å². The van der Waals surface area contributed by atoms with Gasteiger partial charge in [-0.2, -0.15) is 0 Å². The zero-order valence-electron chi connectivity index (χ0n) is 13.2. The molecule has 23 heavy (non-hydrogen) atoms. The lowest BCUT2D eigenvalue weighted by Gasteiger charge is -2.22. The summed E-state index contributed by atoms with van der Waals surface area (Å²) >= 11 is 0. The largest absolute Gasteiger partial charge is 0.494 e. The molecule has 1 saturated heterocycles. The van der Waals surface area contributed by atoms with Crippen LogP contribution in [0, 0.1) is 0 Å². The second-order valence-corrected chi connectivity index (χ2v) is 4.75. The lowest BCUT2D eigenvalue weighted by Crippen LogP contribution is -2.52. The molecule has 4 amide bonds. The number of imide groups is 2. The van der Waals surface area contributed by atoms with Gasteiger partial charge in [-0.05, 0) is 32.1 Å². The first-order valence-corrected chi connectivity index (χ1v) is 7.22. The van der Waals surface area contributed by atoms with Gasteiger partial charge in [0.2, 0.25) is 0 Å². The van der Waals surface area contributed by atoms with E-state index in [0.29, 0.717) is 30.3 Å². The number of likely N-dealkylation sites (N-methyl/N-ethyl adjacent to an activating group) is 1. The Morgan fingerprint density at radius 3 is 2.48 bits per heavy atom. The monoisotopic (exact) mass is 318 g/mol. The van der Waals surface area contributed by atoms with Crippen LogP contribution < -0.4 is 14.8 Å². The number of ether oxygens (including phenoxy) is 2. The van der Waals surface area contributed by atoms with Gasteiger partial charge < -0.3 is 9.47 Å². The van der Waals surface area contributed by atoms with Crippen molar-refractivity contribution in [2.45, 2.75) is 13.8 Å². The lowest BCUT2D eigenvalue weighted by molar-refractivity contribution is -0.129. The molecule has 1 aromatic rings. The number of nitrogens with one attached hydrogen (secondary N) is 1. The van der Waals surface area contributed by atoms with Crippen LogP contribution in [0.4, 0.5) is 4.79 Å². The molecule has 0 radical (unpaired) electrons. The molecule has 0 saturated carbocycles. The Labute approximate surface area is 133 Å². The highest BCUT2D eigenvalue weighted by Crippen LogP contribution is 2.28. The van der Waals surface area contributed by atoms with E-state index in [1.165, 1.54) is 13.1 Å². The van der Waals surface area contributed by atoms with Crippen LogP contribution in [0.3, 0.4) is 0 Å². The van der Waals surface area contributed by atoms with Gasteiger partial charge in [0.1, 0.15) is 17.1 Å². The second-order valence-electron chi connectivity index (χ2n) is 4.75. The minimum atomic E-state index is -0.742. The maximum atomic E-state index is 12.1. The van der Waals surface area contributed by atoms with Gasteiger partial charge in [-0.25, -0.2) is 4.79 Å². The van der Waals surface area contributed by atoms with Gasteiger partial charge in [0.15, 0.2) is 0 Å². The number of amides is 4. The number of barbiturate groups is 1. The topological polar surface area (TPSA) is 84.9 Å². The summed E-state index contributed by atoms with van der Waals surface area (Å²) < 4.78 is 10.9. The average molecular weight is 318 g/mol. The minimum absolute atomic E-state index is 0.128. The van der Waals surface area contributed by atoms with Crippen molar-refractivity contribution >= 4 is 23.9 Å². The summed E-state index contributed by atoms with van der Waals surface area (Å²) in [6.45, 7) is 4.63. The van der Waals surface area contributed by atoms with E-state index in [9.17, 15) is 14.4 Å². The SMILES string of the molecule is CCOc1ccc(C=C2C(=O)NC(=O)N(C)C2=O)c(OCC)c1. The normalized spacial score (nSPS) is 16.6. The average Bonchev–Trinajstić information content (AvgIpc) is 2.52. The summed E-state index contributed by atoms with van der Waals surface area (Å²) in [5.41, 5.74) is 0.425. The summed E-state index contributed by atoms with van der Waals surface area (Å²) in [6.07, 6.45) is 1.40. The van der Waals surface area contributed by atoms with E-state index in [-0.39, 0.29) is 5.57 Å². The molecule has 0 aromatic heterocycles. The fourth-order valence-corrected chi connectivity index (χ4v) is 2.07. The molecule has 122 valence electrons. The summed E-state index contributed by atoms with van der Waals surface area (Å²) in [6, 6.07) is 4.37. The molecule has 1 aromatic carbocycles. The maximum Gasteiger partial charge on any atom is 0.331 e. The van der Waals surface area contributed by atoms with Crippen molar-refractivity contribution in [3.05, 3.63) is 29.3 Å². The molecule has 0 atom stereocenters. The molecule has 1 heterocycles. The Morgan fingerprint density at radius 1 is 1.13 bits per heavy atom. The standard InChI is InChI=1S/C16H18N2O5/c1-4-22-11-7-6-10(13(9-11)23-5-2)8-12-14(19)17-16(21)18(3)15(12)20/h6-9H,4-5H2,1-3H3,(H,17,19,21). The Kier molecular flexibility index (Phi) is 5.00. The number of benzene rings is 1. The molecule has 0 bridgehead atoms. The summed E-state index contributed by atoms with van der Waals surface area (Å²) in [4.78, 5) is 36.2. The first-order valence-electron chi connectivity index (χ1n) is 7.22. The lowest BCUT2D eigenvalue weighted by atomic mass is 10.1. The minimum Gasteiger partial charge on any atom is -0.494 e. The number of carbonyl (C=O) groups is 3. The summed E-state index contributed by atoms with van der Waals surface area (Å²) in [5.74, 6) is -0.263. The quantitative estimate of drug-likeness (QED) is 0.658. The van der Waals surface area contributed by atoms with Crippen molar-refractivity contribution in [2.75, 3.05) is 20.3 Å². The van der Waals surface area contributed by atoms with Crippen LogP contribution in [0.15, 0.2) is 23.8 Å². The second kappa shape index (κ2) is 6.95. The van der Waals surface area contributed by atoms with Crippen LogP contribution in [0.2, 0.25) is 0 Å². The van der Waals surface area contributed by atoms with Gasteiger partial charge in [0.25, 0.3) is 11.8 Å². The molecule has 2 rings (SSSR count). The molecule has 0 aliphatic carbocycles. The molecule has 1 N–H and O–H groups in total. The zero-order valence-corrected chi connectivity index (χ0v) is 13.2. The van der Waals surface area contributed by atoms with Gasteiger partial charge in [0, 0.05) is 18.7 Å². The van der Waals surface area contributed by atoms with E-state index < -0.39 is 17.8 Å². The first-order chi connectivity index (χ1) is 11.0. The number of nitrogens with zero attached hydrogens (tertiary/aromatic N) is 1. The fourth-order valence-electron chi connectivity index (χ4n) is 2.07. The molecular weight excluding hydrogens is 300 g/mol. The molecule has 0 spiro atoms. The van der Waals surface area contributed by atoms with Crippen LogP contribution in [0.5, 0.6) is 11.5 Å². The predicted molar refractivity (Wildman–Crippen MR) is 83.1 cm³/mol. The highest BCUT2D eigenvalue weighted by atomic mass is 16.5. The smallest absolute Gasteiger partial charge is 0.331 e. The summed E-state index contributed by atoms with van der Waals surface area (Å²) in [7, 11) is 1.31. The van der Waals surface area contributed by atoms with Gasteiger partial charge in [-0.1, -0.05) is 0 Å². The van der Waals surface area contributed by atoms with E-state index in [1.54, 1.807) is 18.2 Å². The highest BCUT2D eigenvalue weighted by molar-refractivity contribution is 6.30. The van der Waals surface area contributed by atoms with Crippen LogP contribution in [-0.4, -0.2) is 43.0 Å². The van der Waals surface area contributed by atoms with E-state index in [4.69, 9.17) is 9.47 Å². The predicted octanol–water partition coefficient (Wildman–Crippen LogP) is 1.58. The fraction of sp³-hybridized carbons (Fsp3) is 0.312. The van der Waals surface area contributed by atoms with Gasteiger partial charge in [0.05, 0.1) is 13.2 Å². The molecular formula is C16H18N2O5. The number of urea groups is 1. The Balaban J connectivity index is 2.42. The van der Waals surface area contributed by atoms with Crippen LogP contribution in [0.1, 0.15) is 19.4 Å². The Hall–Kier alpha value is -2.83. The molecule has 0 unspecified atom stereocenters. The molecule has 7 nitrogen and oxygen atoms in total. The molecule has 7 heteroatoms. The highest BCUT2D eigenvalue weighted by Gasteiger charge is 2.33. The van der Waals surface area contributed by atoms with E-state index in [2.05, 4.69) is 5.32 Å². The van der Waals surface area contributed by atoms with Crippen molar-refractivity contribution in [2.24, 2.45) is 0 Å². The Morgan fingerprint density at radius 2 is 1.83 bits per heavy atom. The third kappa shape index (κ3) is 3.50. The van der Waals surface area contributed by atoms with Crippen molar-refractivity contribution in [1.29, 1.82) is 0 Å². The zero-order chi connectivity index (χ0) is 17.0. The third-order valence-electron chi connectivity index (χ3n) is 3.20. The number of rotatable bonds is 5. The molecule has 1 aliphatic rings. The van der Waals surface area contributed by atoms with E-state index in [1.807, 2.05) is 13.8 Å². The van der Waals surface area contributed by atoms with Crippen molar-refractivity contribution in [1.82, 2.24) is 10.2 Å². The number of hydrogen-bond donors (Lipinski definition) is 1. The van der Waals surface area contributed by atoms with Crippen molar-refractivity contribution in [3.8, 4) is 11.5 Å². The van der Waals surface area contributed by atoms with E-state index >= 15 is 0 Å². The third-order valence-corrected chi connectivity index (χ3v) is 3.20. The van der Waals surface area contributed by atoms with Gasteiger partial charge in [-0.3, -0.25) is 19.8 Å². The van der Waals surface area contributed by atoms with Crippen LogP contribution >= 0.6 is 0 Å². The van der Waals surface area contributed by atoms with E-state index in [0.717, 1.165) is 4.90 Å². The Bertz CT molecular complexity index is 681. The van der Waals surface area contributed by atoms with Crippen LogP contribution in [-0.2, 0) is 9.59 Å². The van der Waals surface area contributed by atoms with Gasteiger partial charge >= 0.3 is 6.03 Å².